The van der Waals surface area contributed by atoms with E-state index in [9.17, 15) is 20.4 Å². The number of hydrogen-bond acceptors (Lipinski definition) is 7. The molecule has 0 bridgehead atoms. The Hall–Kier alpha value is -0.280. The second-order valence-electron chi connectivity index (χ2n) is 13.1. The Morgan fingerprint density at radius 2 is 1.71 bits per heavy atom. The molecule has 0 aromatic heterocycles. The van der Waals surface area contributed by atoms with Gasteiger partial charge in [-0.05, 0) is 94.3 Å². The number of aliphatic hydroxyl groups excluding tert-OH is 4. The number of rotatable bonds is 3. The summed E-state index contributed by atoms with van der Waals surface area (Å²) >= 11 is 0. The van der Waals surface area contributed by atoms with Gasteiger partial charge in [-0.1, -0.05) is 13.8 Å². The van der Waals surface area contributed by atoms with Gasteiger partial charge in [0.25, 0.3) is 0 Å². The van der Waals surface area contributed by atoms with Crippen LogP contribution >= 0.6 is 0 Å². The van der Waals surface area contributed by atoms with Crippen LogP contribution in [0.25, 0.3) is 0 Å². The van der Waals surface area contributed by atoms with Crippen molar-refractivity contribution in [1.29, 1.82) is 0 Å². The van der Waals surface area contributed by atoms with Crippen molar-refractivity contribution in [3.05, 3.63) is 0 Å². The molecule has 0 amide bonds. The smallest absolute Gasteiger partial charge is 0.161 e. The number of ether oxygens (including phenoxy) is 2. The third-order valence-corrected chi connectivity index (χ3v) is 11.7. The summed E-state index contributed by atoms with van der Waals surface area (Å²) in [4.78, 5) is 0. The van der Waals surface area contributed by atoms with Gasteiger partial charge in [-0.2, -0.15) is 0 Å². The van der Waals surface area contributed by atoms with Crippen LogP contribution < -0.4 is 5.73 Å². The van der Waals surface area contributed by atoms with Crippen molar-refractivity contribution in [2.45, 2.75) is 134 Å². The predicted octanol–water partition coefficient (Wildman–Crippen LogP) is 2.32. The Bertz CT molecular complexity index is 753. The zero-order valence-corrected chi connectivity index (χ0v) is 21.4. The standard InChI is InChI=1S/C27H47NO6/c1-14(29)18-8-10-27(28)19-6-5-16-11-17(34-23-13-21(30)24(32)15(2)33-23)7-9-25(16,3)20(19)12-22(31)26(18,27)4/h14-24,29-32H,5-13,28H2,1-4H3/t14-,15+,16+,17-,18+,19+,20-,21-,22+,23-,24+,25-,26-,27-/m0/s1. The maximum Gasteiger partial charge on any atom is 0.161 e. The van der Waals surface area contributed by atoms with Crippen LogP contribution in [0.3, 0.4) is 0 Å². The van der Waals surface area contributed by atoms with Crippen LogP contribution in [0.2, 0.25) is 0 Å². The van der Waals surface area contributed by atoms with Crippen LogP contribution in [0.4, 0.5) is 0 Å². The first-order chi connectivity index (χ1) is 15.9. The fraction of sp³-hybridized carbons (Fsp3) is 1.00. The molecule has 0 radical (unpaired) electrons. The zero-order valence-electron chi connectivity index (χ0n) is 21.4. The Morgan fingerprint density at radius 1 is 0.971 bits per heavy atom. The van der Waals surface area contributed by atoms with Crippen molar-refractivity contribution in [3.63, 3.8) is 0 Å². The summed E-state index contributed by atoms with van der Waals surface area (Å²) in [6.45, 7) is 8.20. The van der Waals surface area contributed by atoms with E-state index >= 15 is 0 Å². The minimum Gasteiger partial charge on any atom is -0.393 e. The molecule has 5 fully saturated rings. The van der Waals surface area contributed by atoms with Gasteiger partial charge >= 0.3 is 0 Å². The molecule has 4 aliphatic carbocycles. The maximum absolute atomic E-state index is 11.5. The highest BCUT2D eigenvalue weighted by Crippen LogP contribution is 2.68. The quantitative estimate of drug-likeness (QED) is 0.392. The minimum absolute atomic E-state index is 0.0508. The molecule has 1 aliphatic heterocycles. The van der Waals surface area contributed by atoms with Gasteiger partial charge in [0.15, 0.2) is 6.29 Å². The van der Waals surface area contributed by atoms with E-state index in [2.05, 4.69) is 13.8 Å². The monoisotopic (exact) mass is 481 g/mol. The van der Waals surface area contributed by atoms with Gasteiger partial charge in [0.2, 0.25) is 0 Å². The van der Waals surface area contributed by atoms with Crippen molar-refractivity contribution in [2.24, 2.45) is 40.2 Å². The lowest BCUT2D eigenvalue weighted by molar-refractivity contribution is -0.269. The van der Waals surface area contributed by atoms with E-state index in [0.29, 0.717) is 24.2 Å². The third-order valence-electron chi connectivity index (χ3n) is 11.7. The number of nitrogens with two attached hydrogens (primary N) is 1. The highest BCUT2D eigenvalue weighted by molar-refractivity contribution is 5.22. The summed E-state index contributed by atoms with van der Waals surface area (Å²) in [5.74, 6) is 1.33. The average Bonchev–Trinajstić information content (AvgIpc) is 3.06. The molecule has 7 heteroatoms. The van der Waals surface area contributed by atoms with Crippen LogP contribution in [-0.4, -0.2) is 68.9 Å². The van der Waals surface area contributed by atoms with E-state index in [-0.39, 0.29) is 17.4 Å². The predicted molar refractivity (Wildman–Crippen MR) is 128 cm³/mol. The average molecular weight is 482 g/mol. The molecule has 196 valence electrons. The molecule has 0 unspecified atom stereocenters. The van der Waals surface area contributed by atoms with E-state index < -0.39 is 47.8 Å². The van der Waals surface area contributed by atoms with Gasteiger partial charge in [-0.15, -0.1) is 0 Å². The molecule has 14 atom stereocenters. The largest absolute Gasteiger partial charge is 0.393 e. The van der Waals surface area contributed by atoms with Gasteiger partial charge in [0.05, 0.1) is 30.5 Å². The van der Waals surface area contributed by atoms with Crippen LogP contribution in [0, 0.1) is 34.5 Å². The SMILES string of the molecule is C[C@H](O)[C@H]1CC[C@]2(N)[C@@H]3CC[C@@H]4C[C@@H](O[C@H]5C[C@H](O)[C@H](O)[C@@H](C)O5)CC[C@]4(C)[C@H]3C[C@@H](O)[C@]12C. The van der Waals surface area contributed by atoms with Crippen LogP contribution in [0.1, 0.15) is 85.5 Å². The Kier molecular flexibility index (Phi) is 6.45. The molecule has 34 heavy (non-hydrogen) atoms. The lowest BCUT2D eigenvalue weighted by atomic mass is 9.42. The summed E-state index contributed by atoms with van der Waals surface area (Å²) in [6, 6.07) is 0. The van der Waals surface area contributed by atoms with E-state index in [1.807, 2.05) is 6.92 Å². The number of fused-ring (bicyclic) bond motifs is 5. The Balaban J connectivity index is 1.31. The van der Waals surface area contributed by atoms with E-state index in [1.54, 1.807) is 6.92 Å². The van der Waals surface area contributed by atoms with Gasteiger partial charge in [0.1, 0.15) is 6.10 Å². The van der Waals surface area contributed by atoms with Crippen LogP contribution in [-0.2, 0) is 9.47 Å². The van der Waals surface area contributed by atoms with Gasteiger partial charge in [0, 0.05) is 17.4 Å². The Morgan fingerprint density at radius 3 is 2.38 bits per heavy atom. The van der Waals surface area contributed by atoms with E-state index in [0.717, 1.165) is 51.4 Å². The molecule has 0 spiro atoms. The molecular weight excluding hydrogens is 434 g/mol. The summed E-state index contributed by atoms with van der Waals surface area (Å²) in [5, 5.41) is 42.2. The van der Waals surface area contributed by atoms with Crippen LogP contribution in [0.5, 0.6) is 0 Å². The van der Waals surface area contributed by atoms with Gasteiger partial charge in [-0.3, -0.25) is 0 Å². The van der Waals surface area contributed by atoms with Crippen molar-refractivity contribution in [3.8, 4) is 0 Å². The van der Waals surface area contributed by atoms with Crippen molar-refractivity contribution in [2.75, 3.05) is 0 Å². The van der Waals surface area contributed by atoms with E-state index in [4.69, 9.17) is 15.2 Å². The first-order valence-corrected chi connectivity index (χ1v) is 13.7. The Labute approximate surface area is 204 Å². The highest BCUT2D eigenvalue weighted by atomic mass is 16.7. The molecule has 1 heterocycles. The normalized spacial score (nSPS) is 58.5. The lowest BCUT2D eigenvalue weighted by Crippen LogP contribution is -2.71. The lowest BCUT2D eigenvalue weighted by Gasteiger charge is -2.65. The second-order valence-corrected chi connectivity index (χ2v) is 13.1. The minimum atomic E-state index is -0.860. The van der Waals surface area contributed by atoms with Crippen molar-refractivity contribution in [1.82, 2.24) is 0 Å². The van der Waals surface area contributed by atoms with Crippen molar-refractivity contribution >= 4 is 0 Å². The van der Waals surface area contributed by atoms with Gasteiger partial charge < -0.3 is 35.6 Å². The van der Waals surface area contributed by atoms with E-state index in [1.165, 1.54) is 0 Å². The third kappa shape index (κ3) is 3.56. The number of aliphatic hydroxyl groups is 4. The summed E-state index contributed by atoms with van der Waals surface area (Å²) < 4.78 is 12.2. The first kappa shape index (κ1) is 25.4. The second kappa shape index (κ2) is 8.64. The molecule has 5 rings (SSSR count). The molecule has 7 nitrogen and oxygen atoms in total. The summed E-state index contributed by atoms with van der Waals surface area (Å²) in [5.41, 5.74) is 6.54. The highest BCUT2D eigenvalue weighted by Gasteiger charge is 2.69. The fourth-order valence-corrected chi connectivity index (χ4v) is 9.54. The zero-order chi connectivity index (χ0) is 24.6. The molecule has 0 aromatic carbocycles. The maximum atomic E-state index is 11.5. The van der Waals surface area contributed by atoms with Crippen LogP contribution in [0.15, 0.2) is 0 Å². The summed E-state index contributed by atoms with van der Waals surface area (Å²) in [6.07, 6.45) is 4.55. The molecule has 5 aliphatic rings. The summed E-state index contributed by atoms with van der Waals surface area (Å²) in [7, 11) is 0. The fourth-order valence-electron chi connectivity index (χ4n) is 9.54. The van der Waals surface area contributed by atoms with Crippen molar-refractivity contribution < 1.29 is 29.9 Å². The molecule has 4 saturated carbocycles. The topological polar surface area (TPSA) is 125 Å². The molecule has 0 aromatic rings. The van der Waals surface area contributed by atoms with Gasteiger partial charge in [-0.25, -0.2) is 0 Å². The molecular formula is C27H47NO6. The molecule has 6 N–H and O–H groups in total. The first-order valence-electron chi connectivity index (χ1n) is 13.7. The number of hydrogen-bond donors (Lipinski definition) is 5. The molecule has 1 saturated heterocycles.